The first kappa shape index (κ1) is 13.5. The first-order chi connectivity index (χ1) is 8.56. The van der Waals surface area contributed by atoms with Gasteiger partial charge in [0, 0.05) is 16.9 Å². The number of carbonyl (C=O) groups excluding carboxylic acids is 1. The molecule has 1 aliphatic carbocycles. The Bertz CT molecular complexity index is 449. The molecule has 2 unspecified atom stereocenters. The van der Waals surface area contributed by atoms with Crippen LogP contribution in [0.3, 0.4) is 0 Å². The van der Waals surface area contributed by atoms with Gasteiger partial charge in [0.05, 0.1) is 0 Å². The van der Waals surface area contributed by atoms with E-state index in [2.05, 4.69) is 21.2 Å². The van der Waals surface area contributed by atoms with Crippen LogP contribution in [0.1, 0.15) is 35.2 Å². The second kappa shape index (κ2) is 5.83. The molecule has 0 aromatic heterocycles. The highest BCUT2D eigenvalue weighted by Gasteiger charge is 2.23. The highest BCUT2D eigenvalue weighted by atomic mass is 79.9. The number of hydrogen-bond donors (Lipinski definition) is 1. The van der Waals surface area contributed by atoms with E-state index < -0.39 is 0 Å². The summed E-state index contributed by atoms with van der Waals surface area (Å²) in [6, 6.07) is 4.26. The predicted molar refractivity (Wildman–Crippen MR) is 73.5 cm³/mol. The Morgan fingerprint density at radius 1 is 1.50 bits per heavy atom. The Morgan fingerprint density at radius 2 is 2.28 bits per heavy atom. The maximum absolute atomic E-state index is 12.9. The summed E-state index contributed by atoms with van der Waals surface area (Å²) >= 11 is 3.60. The van der Waals surface area contributed by atoms with Crippen molar-refractivity contribution in [3.63, 3.8) is 0 Å². The van der Waals surface area contributed by atoms with Crippen molar-refractivity contribution < 1.29 is 9.18 Å². The molecule has 0 bridgehead atoms. The van der Waals surface area contributed by atoms with Crippen LogP contribution in [0.2, 0.25) is 0 Å². The summed E-state index contributed by atoms with van der Waals surface area (Å²) in [6.07, 6.45) is 3.44. The SMILES string of the molecule is Cc1cc(F)ccc1C(=O)NCC1CCC(Br)C1. The van der Waals surface area contributed by atoms with Gasteiger partial charge in [0.2, 0.25) is 0 Å². The van der Waals surface area contributed by atoms with Gasteiger partial charge in [-0.1, -0.05) is 15.9 Å². The van der Waals surface area contributed by atoms with Gasteiger partial charge < -0.3 is 5.32 Å². The third-order valence-corrected chi connectivity index (χ3v) is 4.29. The average Bonchev–Trinajstić information content (AvgIpc) is 2.72. The number of carbonyl (C=O) groups is 1. The minimum absolute atomic E-state index is 0.106. The van der Waals surface area contributed by atoms with Crippen molar-refractivity contribution in [3.05, 3.63) is 35.1 Å². The molecule has 1 N–H and O–H groups in total. The van der Waals surface area contributed by atoms with Crippen molar-refractivity contribution >= 4 is 21.8 Å². The smallest absolute Gasteiger partial charge is 0.251 e. The lowest BCUT2D eigenvalue weighted by Crippen LogP contribution is -2.29. The highest BCUT2D eigenvalue weighted by Crippen LogP contribution is 2.30. The zero-order chi connectivity index (χ0) is 13.1. The van der Waals surface area contributed by atoms with E-state index in [1.807, 2.05) is 0 Å². The molecule has 1 aromatic rings. The molecule has 0 aliphatic heterocycles. The van der Waals surface area contributed by atoms with Gasteiger partial charge in [-0.2, -0.15) is 0 Å². The third-order valence-electron chi connectivity index (χ3n) is 3.46. The van der Waals surface area contributed by atoms with Gasteiger partial charge in [0.15, 0.2) is 0 Å². The molecule has 2 rings (SSSR count). The van der Waals surface area contributed by atoms with Crippen molar-refractivity contribution in [2.75, 3.05) is 6.54 Å². The summed E-state index contributed by atoms with van der Waals surface area (Å²) in [5.41, 5.74) is 1.24. The first-order valence-electron chi connectivity index (χ1n) is 6.24. The number of benzene rings is 1. The van der Waals surface area contributed by atoms with Gasteiger partial charge in [-0.25, -0.2) is 4.39 Å². The van der Waals surface area contributed by atoms with Crippen molar-refractivity contribution in [3.8, 4) is 0 Å². The summed E-state index contributed by atoms with van der Waals surface area (Å²) in [7, 11) is 0. The van der Waals surface area contributed by atoms with Gasteiger partial charge in [-0.15, -0.1) is 0 Å². The largest absolute Gasteiger partial charge is 0.352 e. The van der Waals surface area contributed by atoms with Gasteiger partial charge in [-0.3, -0.25) is 4.79 Å². The molecule has 0 heterocycles. The van der Waals surface area contributed by atoms with Crippen LogP contribution in [0.5, 0.6) is 0 Å². The monoisotopic (exact) mass is 313 g/mol. The second-order valence-electron chi connectivity index (χ2n) is 4.95. The Balaban J connectivity index is 1.91. The van der Waals surface area contributed by atoms with Crippen molar-refractivity contribution in [2.24, 2.45) is 5.92 Å². The van der Waals surface area contributed by atoms with Crippen LogP contribution in [-0.4, -0.2) is 17.3 Å². The van der Waals surface area contributed by atoms with Crippen LogP contribution >= 0.6 is 15.9 Å². The lowest BCUT2D eigenvalue weighted by molar-refractivity contribution is 0.0947. The number of rotatable bonds is 3. The molecular formula is C14H17BrFNO. The minimum atomic E-state index is -0.304. The standard InChI is InChI=1S/C14H17BrFNO/c1-9-6-12(16)4-5-13(9)14(18)17-8-10-2-3-11(15)7-10/h4-6,10-11H,2-3,7-8H2,1H3,(H,17,18). The van der Waals surface area contributed by atoms with Gasteiger partial charge in [-0.05, 0) is 55.9 Å². The maximum Gasteiger partial charge on any atom is 0.251 e. The van der Waals surface area contributed by atoms with Crippen molar-refractivity contribution in [1.82, 2.24) is 5.32 Å². The van der Waals surface area contributed by atoms with E-state index >= 15 is 0 Å². The Kier molecular flexibility index (Phi) is 4.38. The van der Waals surface area contributed by atoms with E-state index in [9.17, 15) is 9.18 Å². The molecule has 2 atom stereocenters. The second-order valence-corrected chi connectivity index (χ2v) is 6.24. The Hall–Kier alpha value is -0.900. The van der Waals surface area contributed by atoms with Gasteiger partial charge >= 0.3 is 0 Å². The molecular weight excluding hydrogens is 297 g/mol. The third kappa shape index (κ3) is 3.31. The van der Waals surface area contributed by atoms with Crippen LogP contribution in [0.15, 0.2) is 18.2 Å². The molecule has 1 amide bonds. The first-order valence-corrected chi connectivity index (χ1v) is 7.16. The fraction of sp³-hybridized carbons (Fsp3) is 0.500. The van der Waals surface area contributed by atoms with E-state index in [4.69, 9.17) is 0 Å². The van der Waals surface area contributed by atoms with E-state index in [1.54, 1.807) is 13.0 Å². The molecule has 2 nitrogen and oxygen atoms in total. The van der Waals surface area contributed by atoms with E-state index in [0.29, 0.717) is 28.4 Å². The molecule has 98 valence electrons. The normalized spacial score (nSPS) is 23.1. The molecule has 1 aliphatic rings. The van der Waals surface area contributed by atoms with Crippen LogP contribution < -0.4 is 5.32 Å². The number of hydrogen-bond acceptors (Lipinski definition) is 1. The highest BCUT2D eigenvalue weighted by molar-refractivity contribution is 9.09. The average molecular weight is 314 g/mol. The summed E-state index contributed by atoms with van der Waals surface area (Å²) in [5.74, 6) is 0.145. The molecule has 18 heavy (non-hydrogen) atoms. The molecule has 0 saturated heterocycles. The number of halogens is 2. The Morgan fingerprint density at radius 3 is 2.89 bits per heavy atom. The van der Waals surface area contributed by atoms with Crippen molar-refractivity contribution in [1.29, 1.82) is 0 Å². The van der Waals surface area contributed by atoms with E-state index in [1.165, 1.54) is 18.6 Å². The summed E-state index contributed by atoms with van der Waals surface area (Å²) in [5, 5.41) is 2.94. The molecule has 1 aromatic carbocycles. The zero-order valence-corrected chi connectivity index (χ0v) is 12.0. The van der Waals surface area contributed by atoms with E-state index in [0.717, 1.165) is 12.8 Å². The summed E-state index contributed by atoms with van der Waals surface area (Å²) < 4.78 is 12.9. The number of alkyl halides is 1. The quantitative estimate of drug-likeness (QED) is 0.851. The molecule has 1 saturated carbocycles. The number of nitrogens with one attached hydrogen (secondary N) is 1. The zero-order valence-electron chi connectivity index (χ0n) is 10.4. The Labute approximate surface area is 115 Å². The fourth-order valence-electron chi connectivity index (χ4n) is 2.41. The van der Waals surface area contributed by atoms with E-state index in [-0.39, 0.29) is 11.7 Å². The number of aryl methyl sites for hydroxylation is 1. The lowest BCUT2D eigenvalue weighted by Gasteiger charge is -2.12. The predicted octanol–water partition coefficient (Wildman–Crippen LogP) is 3.43. The molecule has 1 fully saturated rings. The topological polar surface area (TPSA) is 29.1 Å². The number of amides is 1. The summed E-state index contributed by atoms with van der Waals surface area (Å²) in [4.78, 5) is 12.6. The fourth-order valence-corrected chi connectivity index (χ4v) is 3.21. The van der Waals surface area contributed by atoms with Gasteiger partial charge in [0.25, 0.3) is 5.91 Å². The van der Waals surface area contributed by atoms with Crippen LogP contribution in [0, 0.1) is 18.7 Å². The summed E-state index contributed by atoms with van der Waals surface area (Å²) in [6.45, 7) is 2.46. The van der Waals surface area contributed by atoms with Crippen LogP contribution in [0.25, 0.3) is 0 Å². The maximum atomic E-state index is 12.9. The van der Waals surface area contributed by atoms with Crippen LogP contribution in [0.4, 0.5) is 4.39 Å². The lowest BCUT2D eigenvalue weighted by atomic mass is 10.1. The minimum Gasteiger partial charge on any atom is -0.352 e. The molecule has 0 spiro atoms. The van der Waals surface area contributed by atoms with Gasteiger partial charge in [0.1, 0.15) is 5.82 Å². The molecule has 4 heteroatoms. The van der Waals surface area contributed by atoms with Crippen LogP contribution in [-0.2, 0) is 0 Å². The van der Waals surface area contributed by atoms with Crippen molar-refractivity contribution in [2.45, 2.75) is 31.0 Å². The molecule has 0 radical (unpaired) electrons.